The second-order valence-corrected chi connectivity index (χ2v) is 7.46. The molecule has 0 aliphatic carbocycles. The Bertz CT molecular complexity index is 1190. The van der Waals surface area contributed by atoms with Gasteiger partial charge in [-0.1, -0.05) is 36.4 Å². The summed E-state index contributed by atoms with van der Waals surface area (Å²) in [5, 5.41) is 6.31. The number of hydrogen-bond acceptors (Lipinski definition) is 5. The summed E-state index contributed by atoms with van der Waals surface area (Å²) in [5.74, 6) is 0.878. The molecule has 2 aromatic carbocycles. The van der Waals surface area contributed by atoms with Crippen molar-refractivity contribution in [2.75, 3.05) is 31.2 Å². The van der Waals surface area contributed by atoms with Crippen molar-refractivity contribution in [1.82, 2.24) is 10.3 Å². The highest BCUT2D eigenvalue weighted by Gasteiger charge is 2.17. The largest absolute Gasteiger partial charge is 0.464 e. The summed E-state index contributed by atoms with van der Waals surface area (Å²) in [6.07, 6.45) is 3.76. The van der Waals surface area contributed by atoms with Crippen LogP contribution in [0.15, 0.2) is 65.4 Å². The first-order valence-electron chi connectivity index (χ1n) is 10.2. The van der Waals surface area contributed by atoms with Gasteiger partial charge in [-0.15, -0.1) is 0 Å². The van der Waals surface area contributed by atoms with Gasteiger partial charge < -0.3 is 19.4 Å². The highest BCUT2D eigenvalue weighted by atomic mass is 16.5. The molecule has 1 aliphatic heterocycles. The van der Waals surface area contributed by atoms with E-state index in [4.69, 9.17) is 9.15 Å². The number of pyridine rings is 1. The van der Waals surface area contributed by atoms with Crippen molar-refractivity contribution in [3.63, 3.8) is 0 Å². The molecule has 6 nitrogen and oxygen atoms in total. The minimum atomic E-state index is -0.0394. The molecule has 0 bridgehead atoms. The fourth-order valence-electron chi connectivity index (χ4n) is 4.06. The number of morpholine rings is 1. The van der Waals surface area contributed by atoms with Crippen LogP contribution in [0.5, 0.6) is 0 Å². The summed E-state index contributed by atoms with van der Waals surface area (Å²) in [5.41, 5.74) is 2.72. The molecule has 6 heteroatoms. The molecule has 1 amide bonds. The SMILES string of the molecule is O=C(Cc1coc2ccc3ccccc3c12)NCc1cccnc1N1CCOCC1. The fraction of sp³-hybridized carbons (Fsp3) is 0.250. The van der Waals surface area contributed by atoms with Gasteiger partial charge in [0, 0.05) is 42.3 Å². The first-order chi connectivity index (χ1) is 14.8. The van der Waals surface area contributed by atoms with Crippen LogP contribution in [0.25, 0.3) is 21.7 Å². The van der Waals surface area contributed by atoms with Gasteiger partial charge in [-0.2, -0.15) is 0 Å². The monoisotopic (exact) mass is 401 g/mol. The van der Waals surface area contributed by atoms with Crippen molar-refractivity contribution in [2.24, 2.45) is 0 Å². The van der Waals surface area contributed by atoms with E-state index in [1.54, 1.807) is 12.5 Å². The topological polar surface area (TPSA) is 67.6 Å². The standard InChI is InChI=1S/C24H23N3O3/c28-22(26-15-18-5-3-9-25-24(18)27-10-12-29-13-11-27)14-19-16-30-21-8-7-17-4-1-2-6-20(17)23(19)21/h1-9,16H,10-15H2,(H,26,28). The van der Waals surface area contributed by atoms with Crippen LogP contribution in [0.2, 0.25) is 0 Å². The number of nitrogens with zero attached hydrogens (tertiary/aromatic N) is 2. The zero-order valence-electron chi connectivity index (χ0n) is 16.6. The lowest BCUT2D eigenvalue weighted by atomic mass is 10.0. The van der Waals surface area contributed by atoms with Gasteiger partial charge in [-0.05, 0) is 22.9 Å². The predicted octanol–water partition coefficient (Wildman–Crippen LogP) is 3.68. The quantitative estimate of drug-likeness (QED) is 0.553. The average Bonchev–Trinajstić information content (AvgIpc) is 3.21. The Hall–Kier alpha value is -3.38. The Morgan fingerprint density at radius 1 is 1.03 bits per heavy atom. The summed E-state index contributed by atoms with van der Waals surface area (Å²) >= 11 is 0. The molecule has 1 N–H and O–H groups in total. The number of fused-ring (bicyclic) bond motifs is 3. The summed E-state index contributed by atoms with van der Waals surface area (Å²) in [7, 11) is 0. The van der Waals surface area contributed by atoms with E-state index in [1.165, 1.54) is 0 Å². The molecule has 1 saturated heterocycles. The Morgan fingerprint density at radius 2 is 1.90 bits per heavy atom. The van der Waals surface area contributed by atoms with E-state index in [1.807, 2.05) is 36.4 Å². The molecule has 3 heterocycles. The number of hydrogen-bond donors (Lipinski definition) is 1. The molecular formula is C24H23N3O3. The molecule has 4 aromatic rings. The Morgan fingerprint density at radius 3 is 2.80 bits per heavy atom. The van der Waals surface area contributed by atoms with Crippen LogP contribution in [0.1, 0.15) is 11.1 Å². The van der Waals surface area contributed by atoms with Gasteiger partial charge in [0.2, 0.25) is 5.91 Å². The average molecular weight is 401 g/mol. The van der Waals surface area contributed by atoms with E-state index < -0.39 is 0 Å². The van der Waals surface area contributed by atoms with E-state index in [0.29, 0.717) is 19.8 Å². The molecule has 0 saturated carbocycles. The van der Waals surface area contributed by atoms with Crippen molar-refractivity contribution in [3.05, 3.63) is 72.1 Å². The third-order valence-corrected chi connectivity index (χ3v) is 5.55. The zero-order chi connectivity index (χ0) is 20.3. The predicted molar refractivity (Wildman–Crippen MR) is 117 cm³/mol. The van der Waals surface area contributed by atoms with Crippen molar-refractivity contribution in [2.45, 2.75) is 13.0 Å². The van der Waals surface area contributed by atoms with Gasteiger partial charge in [0.05, 0.1) is 25.9 Å². The lowest BCUT2D eigenvalue weighted by Crippen LogP contribution is -2.38. The minimum absolute atomic E-state index is 0.0394. The normalized spacial score (nSPS) is 14.3. The van der Waals surface area contributed by atoms with Crippen LogP contribution < -0.4 is 10.2 Å². The summed E-state index contributed by atoms with van der Waals surface area (Å²) in [6, 6.07) is 16.1. The number of carbonyl (C=O) groups is 1. The lowest BCUT2D eigenvalue weighted by molar-refractivity contribution is -0.120. The van der Waals surface area contributed by atoms with Crippen LogP contribution in [0, 0.1) is 0 Å². The molecule has 0 atom stereocenters. The molecule has 0 radical (unpaired) electrons. The Balaban J connectivity index is 1.33. The molecule has 0 unspecified atom stereocenters. The first kappa shape index (κ1) is 18.6. The van der Waals surface area contributed by atoms with E-state index in [-0.39, 0.29) is 12.3 Å². The van der Waals surface area contributed by atoms with Crippen LogP contribution in [-0.4, -0.2) is 37.2 Å². The van der Waals surface area contributed by atoms with Crippen molar-refractivity contribution < 1.29 is 13.9 Å². The number of nitrogens with one attached hydrogen (secondary N) is 1. The first-order valence-corrected chi connectivity index (χ1v) is 10.2. The molecular weight excluding hydrogens is 378 g/mol. The van der Waals surface area contributed by atoms with E-state index in [9.17, 15) is 4.79 Å². The lowest BCUT2D eigenvalue weighted by Gasteiger charge is -2.29. The maximum Gasteiger partial charge on any atom is 0.224 e. The van der Waals surface area contributed by atoms with E-state index >= 15 is 0 Å². The minimum Gasteiger partial charge on any atom is -0.464 e. The van der Waals surface area contributed by atoms with Gasteiger partial charge >= 0.3 is 0 Å². The van der Waals surface area contributed by atoms with Crippen LogP contribution >= 0.6 is 0 Å². The molecule has 5 rings (SSSR count). The second-order valence-electron chi connectivity index (χ2n) is 7.46. The van der Waals surface area contributed by atoms with Crippen LogP contribution in [0.4, 0.5) is 5.82 Å². The number of furan rings is 1. The molecule has 152 valence electrons. The van der Waals surface area contributed by atoms with Gasteiger partial charge in [-0.25, -0.2) is 4.98 Å². The second kappa shape index (κ2) is 8.16. The van der Waals surface area contributed by atoms with Crippen molar-refractivity contribution in [1.29, 1.82) is 0 Å². The molecule has 1 aliphatic rings. The van der Waals surface area contributed by atoms with Crippen molar-refractivity contribution >= 4 is 33.5 Å². The van der Waals surface area contributed by atoms with E-state index in [2.05, 4.69) is 27.3 Å². The number of ether oxygens (including phenoxy) is 1. The summed E-state index contributed by atoms with van der Waals surface area (Å²) in [6.45, 7) is 3.46. The number of benzene rings is 2. The zero-order valence-corrected chi connectivity index (χ0v) is 16.6. The van der Waals surface area contributed by atoms with Crippen LogP contribution in [0.3, 0.4) is 0 Å². The maximum absolute atomic E-state index is 12.7. The van der Waals surface area contributed by atoms with Gasteiger partial charge in [0.25, 0.3) is 0 Å². The molecule has 0 spiro atoms. The third-order valence-electron chi connectivity index (χ3n) is 5.55. The van der Waals surface area contributed by atoms with Crippen molar-refractivity contribution in [3.8, 4) is 0 Å². The molecule has 30 heavy (non-hydrogen) atoms. The smallest absolute Gasteiger partial charge is 0.224 e. The van der Waals surface area contributed by atoms with Crippen LogP contribution in [-0.2, 0) is 22.5 Å². The Kier molecular flexibility index (Phi) is 5.07. The number of anilines is 1. The van der Waals surface area contributed by atoms with E-state index in [0.717, 1.165) is 51.8 Å². The fourth-order valence-corrected chi connectivity index (χ4v) is 4.06. The highest BCUT2D eigenvalue weighted by Crippen LogP contribution is 2.30. The Labute approximate surface area is 174 Å². The summed E-state index contributed by atoms with van der Waals surface area (Å²) in [4.78, 5) is 19.5. The number of carbonyl (C=O) groups excluding carboxylic acids is 1. The van der Waals surface area contributed by atoms with Gasteiger partial charge in [-0.3, -0.25) is 4.79 Å². The van der Waals surface area contributed by atoms with Gasteiger partial charge in [0.1, 0.15) is 11.4 Å². The number of rotatable bonds is 5. The number of aromatic nitrogens is 1. The summed E-state index contributed by atoms with van der Waals surface area (Å²) < 4.78 is 11.1. The third kappa shape index (κ3) is 3.62. The van der Waals surface area contributed by atoms with Gasteiger partial charge in [0.15, 0.2) is 0 Å². The highest BCUT2D eigenvalue weighted by molar-refractivity contribution is 6.08. The molecule has 1 fully saturated rings. The molecule has 2 aromatic heterocycles. The number of amides is 1. The maximum atomic E-state index is 12.7.